The van der Waals surface area contributed by atoms with E-state index in [0.29, 0.717) is 11.6 Å². The number of hydrogen-bond acceptors (Lipinski definition) is 3. The highest BCUT2D eigenvalue weighted by molar-refractivity contribution is 5.77. The Kier molecular flexibility index (Phi) is 4.37. The zero-order chi connectivity index (χ0) is 17.1. The molecule has 24 heavy (non-hydrogen) atoms. The third-order valence-corrected chi connectivity index (χ3v) is 3.69. The highest BCUT2D eigenvalue weighted by Gasteiger charge is 2.21. The van der Waals surface area contributed by atoms with E-state index in [4.69, 9.17) is 9.84 Å². The summed E-state index contributed by atoms with van der Waals surface area (Å²) >= 11 is 0. The molecule has 124 valence electrons. The number of nitrogens with one attached hydrogen (secondary N) is 2. The molecule has 6 heteroatoms. The van der Waals surface area contributed by atoms with Crippen LogP contribution in [-0.4, -0.2) is 21.2 Å². The summed E-state index contributed by atoms with van der Waals surface area (Å²) in [5.41, 5.74) is 1.57. The first-order valence-electron chi connectivity index (χ1n) is 7.75. The minimum atomic E-state index is -1.07. The number of amides is 1. The third kappa shape index (κ3) is 3.48. The number of aromatic amines is 1. The smallest absolute Gasteiger partial charge is 0.405 e. The molecule has 0 fully saturated rings. The Morgan fingerprint density at radius 3 is 2.58 bits per heavy atom. The predicted molar refractivity (Wildman–Crippen MR) is 91.3 cm³/mol. The van der Waals surface area contributed by atoms with Crippen molar-refractivity contribution in [2.45, 2.75) is 19.9 Å². The van der Waals surface area contributed by atoms with Crippen molar-refractivity contribution in [3.05, 3.63) is 54.4 Å². The lowest BCUT2D eigenvalue weighted by molar-refractivity contribution is 0.185. The quantitative estimate of drug-likeness (QED) is 0.652. The molecule has 0 aliphatic carbocycles. The Labute approximate surface area is 139 Å². The number of benzene rings is 2. The summed E-state index contributed by atoms with van der Waals surface area (Å²) in [4.78, 5) is 18.7. The van der Waals surface area contributed by atoms with Gasteiger partial charge < -0.3 is 20.1 Å². The van der Waals surface area contributed by atoms with Gasteiger partial charge in [0.15, 0.2) is 0 Å². The number of H-pyrrole nitrogens is 1. The fraction of sp³-hybridized carbons (Fsp3) is 0.222. The minimum absolute atomic E-state index is 0.0710. The number of para-hydroxylation sites is 1. The first kappa shape index (κ1) is 15.9. The average molecular weight is 325 g/mol. The molecule has 3 aromatic rings. The van der Waals surface area contributed by atoms with Crippen molar-refractivity contribution in [2.24, 2.45) is 5.92 Å². The molecular formula is C18H19N3O3. The fourth-order valence-corrected chi connectivity index (χ4v) is 2.52. The zero-order valence-corrected chi connectivity index (χ0v) is 13.5. The molecule has 0 spiro atoms. The monoisotopic (exact) mass is 325 g/mol. The van der Waals surface area contributed by atoms with E-state index in [1.54, 1.807) is 0 Å². The molecule has 0 saturated heterocycles. The van der Waals surface area contributed by atoms with Gasteiger partial charge in [0.05, 0.1) is 17.1 Å². The fourth-order valence-electron chi connectivity index (χ4n) is 2.52. The largest absolute Gasteiger partial charge is 0.465 e. The minimum Gasteiger partial charge on any atom is -0.465 e. The van der Waals surface area contributed by atoms with Gasteiger partial charge in [0.2, 0.25) is 0 Å². The molecule has 6 nitrogen and oxygen atoms in total. The molecule has 3 N–H and O–H groups in total. The highest BCUT2D eigenvalue weighted by Crippen LogP contribution is 2.27. The van der Waals surface area contributed by atoms with E-state index in [1.807, 2.05) is 62.4 Å². The second-order valence-electron chi connectivity index (χ2n) is 5.89. The lowest BCUT2D eigenvalue weighted by atomic mass is 10.0. The van der Waals surface area contributed by atoms with Crippen molar-refractivity contribution in [1.82, 2.24) is 15.3 Å². The summed E-state index contributed by atoms with van der Waals surface area (Å²) in [6.45, 7) is 3.88. The van der Waals surface area contributed by atoms with Gasteiger partial charge in [-0.15, -0.1) is 0 Å². The average Bonchev–Trinajstić information content (AvgIpc) is 2.96. The molecule has 3 rings (SSSR count). The van der Waals surface area contributed by atoms with E-state index < -0.39 is 12.1 Å². The van der Waals surface area contributed by atoms with E-state index in [1.165, 1.54) is 0 Å². The molecule has 1 heterocycles. The van der Waals surface area contributed by atoms with Gasteiger partial charge in [0, 0.05) is 6.07 Å². The first-order chi connectivity index (χ1) is 11.5. The number of carbonyl (C=O) groups is 1. The summed E-state index contributed by atoms with van der Waals surface area (Å²) in [6, 6.07) is 14.7. The molecule has 0 aliphatic rings. The zero-order valence-electron chi connectivity index (χ0n) is 13.5. The SMILES string of the molecule is CC(C)C(NC(=O)O)c1nc2cc(Oc3ccccc3)ccc2[nH]1. The Bertz CT molecular complexity index is 843. The number of ether oxygens (including phenoxy) is 1. The molecule has 1 unspecified atom stereocenters. The Morgan fingerprint density at radius 1 is 1.17 bits per heavy atom. The van der Waals surface area contributed by atoms with Crippen LogP contribution in [0.2, 0.25) is 0 Å². The van der Waals surface area contributed by atoms with Gasteiger partial charge in [-0.05, 0) is 30.2 Å². The molecule has 0 saturated carbocycles. The maximum absolute atomic E-state index is 11.0. The van der Waals surface area contributed by atoms with Crippen LogP contribution in [0.1, 0.15) is 25.7 Å². The van der Waals surface area contributed by atoms with Crippen LogP contribution in [0, 0.1) is 5.92 Å². The van der Waals surface area contributed by atoms with Crippen molar-refractivity contribution >= 4 is 17.1 Å². The number of aromatic nitrogens is 2. The molecule has 2 aromatic carbocycles. The van der Waals surface area contributed by atoms with Gasteiger partial charge in [-0.3, -0.25) is 0 Å². The van der Waals surface area contributed by atoms with Crippen LogP contribution in [0.15, 0.2) is 48.5 Å². The summed E-state index contributed by atoms with van der Waals surface area (Å²) in [7, 11) is 0. The Morgan fingerprint density at radius 2 is 1.92 bits per heavy atom. The van der Waals surface area contributed by atoms with Gasteiger partial charge >= 0.3 is 6.09 Å². The van der Waals surface area contributed by atoms with E-state index >= 15 is 0 Å². The number of rotatable bonds is 5. The van der Waals surface area contributed by atoms with Crippen LogP contribution < -0.4 is 10.1 Å². The van der Waals surface area contributed by atoms with Crippen molar-refractivity contribution in [2.75, 3.05) is 0 Å². The Hall–Kier alpha value is -3.02. The van der Waals surface area contributed by atoms with Crippen LogP contribution in [0.25, 0.3) is 11.0 Å². The molecule has 0 radical (unpaired) electrons. The molecule has 0 bridgehead atoms. The van der Waals surface area contributed by atoms with E-state index in [2.05, 4.69) is 15.3 Å². The first-order valence-corrected chi connectivity index (χ1v) is 7.75. The maximum Gasteiger partial charge on any atom is 0.405 e. The van der Waals surface area contributed by atoms with E-state index in [0.717, 1.165) is 16.8 Å². The van der Waals surface area contributed by atoms with Gasteiger partial charge in [-0.25, -0.2) is 9.78 Å². The molecule has 1 amide bonds. The lowest BCUT2D eigenvalue weighted by Crippen LogP contribution is -2.31. The van der Waals surface area contributed by atoms with Crippen LogP contribution in [0.5, 0.6) is 11.5 Å². The van der Waals surface area contributed by atoms with Crippen molar-refractivity contribution in [3.8, 4) is 11.5 Å². The van der Waals surface area contributed by atoms with Crippen LogP contribution >= 0.6 is 0 Å². The molecule has 0 aliphatic heterocycles. The van der Waals surface area contributed by atoms with Crippen LogP contribution in [0.4, 0.5) is 4.79 Å². The lowest BCUT2D eigenvalue weighted by Gasteiger charge is -2.18. The molecule has 1 aromatic heterocycles. The van der Waals surface area contributed by atoms with Gasteiger partial charge in [-0.1, -0.05) is 32.0 Å². The summed E-state index contributed by atoms with van der Waals surface area (Å²) < 4.78 is 5.80. The Balaban J connectivity index is 1.89. The van der Waals surface area contributed by atoms with Crippen LogP contribution in [0.3, 0.4) is 0 Å². The molecular weight excluding hydrogens is 306 g/mol. The summed E-state index contributed by atoms with van der Waals surface area (Å²) in [5.74, 6) is 2.10. The van der Waals surface area contributed by atoms with Gasteiger partial charge in [0.1, 0.15) is 17.3 Å². The third-order valence-electron chi connectivity index (χ3n) is 3.69. The van der Waals surface area contributed by atoms with Gasteiger partial charge in [-0.2, -0.15) is 0 Å². The number of imidazole rings is 1. The maximum atomic E-state index is 11.0. The number of hydrogen-bond donors (Lipinski definition) is 3. The normalized spacial score (nSPS) is 12.3. The second-order valence-corrected chi connectivity index (χ2v) is 5.89. The standard InChI is InChI=1S/C18H19N3O3/c1-11(2)16(21-18(22)23)17-19-14-9-8-13(10-15(14)20-17)24-12-6-4-3-5-7-12/h3-11,16,21H,1-2H3,(H,19,20)(H,22,23). The highest BCUT2D eigenvalue weighted by atomic mass is 16.5. The van der Waals surface area contributed by atoms with Crippen molar-refractivity contribution in [3.63, 3.8) is 0 Å². The second kappa shape index (κ2) is 6.62. The van der Waals surface area contributed by atoms with Crippen LogP contribution in [-0.2, 0) is 0 Å². The summed E-state index contributed by atoms with van der Waals surface area (Å²) in [6.07, 6.45) is -1.07. The molecule has 1 atom stereocenters. The van der Waals surface area contributed by atoms with E-state index in [9.17, 15) is 4.79 Å². The predicted octanol–water partition coefficient (Wildman–Crippen LogP) is 4.32. The number of nitrogens with zero attached hydrogens (tertiary/aromatic N) is 1. The van der Waals surface area contributed by atoms with Gasteiger partial charge in [0.25, 0.3) is 0 Å². The van der Waals surface area contributed by atoms with Crippen molar-refractivity contribution in [1.29, 1.82) is 0 Å². The van der Waals surface area contributed by atoms with Crippen molar-refractivity contribution < 1.29 is 14.6 Å². The summed E-state index contributed by atoms with van der Waals surface area (Å²) in [5, 5.41) is 11.5. The topological polar surface area (TPSA) is 87.2 Å². The number of carboxylic acid groups (broad SMARTS) is 1. The number of fused-ring (bicyclic) bond motifs is 1. The van der Waals surface area contributed by atoms with E-state index in [-0.39, 0.29) is 5.92 Å².